The molecule has 0 saturated carbocycles. The van der Waals surface area contributed by atoms with E-state index in [2.05, 4.69) is 20.2 Å². The van der Waals surface area contributed by atoms with Gasteiger partial charge in [-0.1, -0.05) is 12.1 Å². The molecule has 4 rings (SSSR count). The highest BCUT2D eigenvalue weighted by Gasteiger charge is 2.23. The molecule has 7 heteroatoms. The molecular weight excluding hydrogens is 318 g/mol. The van der Waals surface area contributed by atoms with Crippen LogP contribution >= 0.6 is 0 Å². The Kier molecular flexibility index (Phi) is 4.13. The van der Waals surface area contributed by atoms with Crippen LogP contribution in [0.25, 0.3) is 11.1 Å². The second kappa shape index (κ2) is 6.58. The van der Waals surface area contributed by atoms with E-state index >= 15 is 0 Å². The summed E-state index contributed by atoms with van der Waals surface area (Å²) in [6.45, 7) is 4.19. The predicted molar refractivity (Wildman–Crippen MR) is 97.0 cm³/mol. The lowest BCUT2D eigenvalue weighted by atomic mass is 10.1. The van der Waals surface area contributed by atoms with Crippen molar-refractivity contribution in [3.63, 3.8) is 0 Å². The van der Waals surface area contributed by atoms with Crippen molar-refractivity contribution < 1.29 is 4.42 Å². The Morgan fingerprint density at radius 1 is 1.28 bits per heavy atom. The lowest BCUT2D eigenvalue weighted by Gasteiger charge is -2.32. The third-order valence-corrected chi connectivity index (χ3v) is 4.65. The van der Waals surface area contributed by atoms with Crippen LogP contribution in [0.1, 0.15) is 19.8 Å². The molecule has 3 heterocycles. The van der Waals surface area contributed by atoms with Crippen molar-refractivity contribution in [2.45, 2.75) is 32.4 Å². The fourth-order valence-corrected chi connectivity index (χ4v) is 3.25. The largest absolute Gasteiger partial charge is 0.424 e. The zero-order valence-corrected chi connectivity index (χ0v) is 14.2. The van der Waals surface area contributed by atoms with Gasteiger partial charge in [-0.15, -0.1) is 0 Å². The minimum absolute atomic E-state index is 0.0182. The minimum Gasteiger partial charge on any atom is -0.424 e. The van der Waals surface area contributed by atoms with Crippen LogP contribution in [0.15, 0.2) is 45.9 Å². The van der Waals surface area contributed by atoms with Crippen LogP contribution < -0.4 is 15.8 Å². The topological polar surface area (TPSA) is 76.2 Å². The molecule has 0 aliphatic carbocycles. The molecule has 7 nitrogen and oxygen atoms in total. The number of aromatic nitrogens is 3. The third kappa shape index (κ3) is 3.09. The molecule has 1 saturated heterocycles. The van der Waals surface area contributed by atoms with Crippen LogP contribution in [-0.2, 0) is 6.54 Å². The zero-order valence-electron chi connectivity index (χ0n) is 14.2. The van der Waals surface area contributed by atoms with Gasteiger partial charge in [0.1, 0.15) is 5.52 Å². The number of oxazole rings is 1. The van der Waals surface area contributed by atoms with Crippen molar-refractivity contribution in [3.8, 4) is 0 Å². The monoisotopic (exact) mass is 339 g/mol. The van der Waals surface area contributed by atoms with E-state index in [1.807, 2.05) is 31.2 Å². The van der Waals surface area contributed by atoms with Crippen molar-refractivity contribution in [1.82, 2.24) is 14.5 Å². The lowest BCUT2D eigenvalue weighted by Crippen LogP contribution is -2.42. The van der Waals surface area contributed by atoms with Crippen molar-refractivity contribution in [3.05, 3.63) is 47.0 Å². The molecule has 1 aliphatic rings. The highest BCUT2D eigenvalue weighted by molar-refractivity contribution is 5.74. The van der Waals surface area contributed by atoms with E-state index < -0.39 is 0 Å². The molecule has 0 radical (unpaired) electrons. The van der Waals surface area contributed by atoms with Gasteiger partial charge in [-0.3, -0.25) is 4.79 Å². The summed E-state index contributed by atoms with van der Waals surface area (Å²) in [6.07, 6.45) is 5.23. The SMILES string of the molecule is CCn1ccnc(N2CCC(Nc3nc4ccccc4o3)CC2)c1=O. The fourth-order valence-electron chi connectivity index (χ4n) is 3.25. The number of piperidine rings is 1. The average molecular weight is 339 g/mol. The highest BCUT2D eigenvalue weighted by atomic mass is 16.4. The smallest absolute Gasteiger partial charge is 0.295 e. The number of nitrogens with zero attached hydrogens (tertiary/aromatic N) is 4. The molecule has 1 N–H and O–H groups in total. The molecule has 25 heavy (non-hydrogen) atoms. The van der Waals surface area contributed by atoms with Crippen LogP contribution in [0.2, 0.25) is 0 Å². The zero-order chi connectivity index (χ0) is 17.2. The van der Waals surface area contributed by atoms with Gasteiger partial charge in [0.15, 0.2) is 11.4 Å². The van der Waals surface area contributed by atoms with Gasteiger partial charge in [-0.2, -0.15) is 4.98 Å². The van der Waals surface area contributed by atoms with Gasteiger partial charge in [0.05, 0.1) is 0 Å². The molecular formula is C18H21N5O2. The summed E-state index contributed by atoms with van der Waals surface area (Å²) >= 11 is 0. The normalized spacial score (nSPS) is 15.6. The van der Waals surface area contributed by atoms with Crippen molar-refractivity contribution in [2.75, 3.05) is 23.3 Å². The molecule has 0 spiro atoms. The van der Waals surface area contributed by atoms with E-state index in [1.54, 1.807) is 17.0 Å². The number of hydrogen-bond acceptors (Lipinski definition) is 6. The average Bonchev–Trinajstić information content (AvgIpc) is 3.05. The molecule has 2 aromatic heterocycles. The first-order valence-electron chi connectivity index (χ1n) is 8.67. The number of rotatable bonds is 4. The third-order valence-electron chi connectivity index (χ3n) is 4.65. The van der Waals surface area contributed by atoms with Crippen LogP contribution in [0.3, 0.4) is 0 Å². The highest BCUT2D eigenvalue weighted by Crippen LogP contribution is 2.22. The molecule has 0 amide bonds. The van der Waals surface area contributed by atoms with E-state index in [4.69, 9.17) is 4.42 Å². The Balaban J connectivity index is 1.42. The van der Waals surface area contributed by atoms with Crippen LogP contribution in [0.5, 0.6) is 0 Å². The molecule has 0 unspecified atom stereocenters. The van der Waals surface area contributed by atoms with Crippen LogP contribution in [-0.4, -0.2) is 33.7 Å². The Morgan fingerprint density at radius 3 is 2.84 bits per heavy atom. The minimum atomic E-state index is -0.0182. The Labute approximate surface area is 145 Å². The van der Waals surface area contributed by atoms with E-state index in [1.165, 1.54) is 0 Å². The maximum Gasteiger partial charge on any atom is 0.295 e. The van der Waals surface area contributed by atoms with E-state index in [0.717, 1.165) is 37.0 Å². The molecule has 130 valence electrons. The van der Waals surface area contributed by atoms with Crippen molar-refractivity contribution in [1.29, 1.82) is 0 Å². The second-order valence-electron chi connectivity index (χ2n) is 6.23. The van der Waals surface area contributed by atoms with Crippen LogP contribution in [0.4, 0.5) is 11.8 Å². The second-order valence-corrected chi connectivity index (χ2v) is 6.23. The number of hydrogen-bond donors (Lipinski definition) is 1. The number of benzene rings is 1. The molecule has 0 atom stereocenters. The van der Waals surface area contributed by atoms with Crippen molar-refractivity contribution in [2.24, 2.45) is 0 Å². The number of anilines is 2. The van der Waals surface area contributed by atoms with Gasteiger partial charge in [0.25, 0.3) is 11.6 Å². The molecule has 1 aliphatic heterocycles. The first-order valence-corrected chi connectivity index (χ1v) is 8.67. The standard InChI is InChI=1S/C18H21N5O2/c1-2-22-12-9-19-16(17(22)24)23-10-7-13(8-11-23)20-18-21-14-5-3-4-6-15(14)25-18/h3-6,9,12-13H,2,7-8,10-11H2,1H3,(H,20,21). The summed E-state index contributed by atoms with van der Waals surface area (Å²) < 4.78 is 7.42. The number of nitrogens with one attached hydrogen (secondary N) is 1. The molecule has 0 bridgehead atoms. The van der Waals surface area contributed by atoms with Gasteiger partial charge in [-0.25, -0.2) is 4.98 Å². The maximum absolute atomic E-state index is 12.4. The first-order chi connectivity index (χ1) is 12.2. The van der Waals surface area contributed by atoms with Gasteiger partial charge < -0.3 is 19.2 Å². The predicted octanol–water partition coefficient (Wildman–Crippen LogP) is 2.49. The van der Waals surface area contributed by atoms with Crippen molar-refractivity contribution >= 4 is 22.9 Å². The molecule has 3 aromatic rings. The maximum atomic E-state index is 12.4. The Morgan fingerprint density at radius 2 is 2.08 bits per heavy atom. The van der Waals surface area contributed by atoms with Gasteiger partial charge in [0.2, 0.25) is 0 Å². The van der Waals surface area contributed by atoms with E-state index in [0.29, 0.717) is 18.4 Å². The number of para-hydroxylation sites is 2. The summed E-state index contributed by atoms with van der Waals surface area (Å²) in [6, 6.07) is 8.57. The number of fused-ring (bicyclic) bond motifs is 1. The van der Waals surface area contributed by atoms with E-state index in [-0.39, 0.29) is 11.6 Å². The van der Waals surface area contributed by atoms with Crippen LogP contribution in [0, 0.1) is 0 Å². The summed E-state index contributed by atoms with van der Waals surface area (Å²) in [5.74, 6) is 0.546. The van der Waals surface area contributed by atoms with Gasteiger partial charge >= 0.3 is 0 Å². The summed E-state index contributed by atoms with van der Waals surface area (Å²) in [5, 5.41) is 3.37. The fraction of sp³-hybridized carbons (Fsp3) is 0.389. The first kappa shape index (κ1) is 15.7. The number of aryl methyl sites for hydroxylation is 1. The summed E-state index contributed by atoms with van der Waals surface area (Å²) in [5.41, 5.74) is 1.63. The Bertz CT molecular complexity index is 891. The molecule has 1 fully saturated rings. The lowest BCUT2D eigenvalue weighted by molar-refractivity contribution is 0.500. The van der Waals surface area contributed by atoms with Gasteiger partial charge in [0, 0.05) is 38.1 Å². The molecule has 1 aromatic carbocycles. The summed E-state index contributed by atoms with van der Waals surface area (Å²) in [4.78, 5) is 23.2. The van der Waals surface area contributed by atoms with E-state index in [9.17, 15) is 4.79 Å². The Hall–Kier alpha value is -2.83. The van der Waals surface area contributed by atoms with Gasteiger partial charge in [-0.05, 0) is 31.9 Å². The quantitative estimate of drug-likeness (QED) is 0.787. The summed E-state index contributed by atoms with van der Waals surface area (Å²) in [7, 11) is 0.